The first kappa shape index (κ1) is 24.9. The Kier molecular flexibility index (Phi) is 10.7. The highest BCUT2D eigenvalue weighted by Gasteiger charge is 2.43. The molecule has 1 aromatic rings. The highest BCUT2D eigenvalue weighted by atomic mass is 16.7. The number of aliphatic hydroxyl groups excluding tert-OH is 1. The molecule has 1 aromatic carbocycles. The maximum Gasteiger partial charge on any atom is 0.305 e. The van der Waals surface area contributed by atoms with E-state index in [0.29, 0.717) is 26.1 Å². The van der Waals surface area contributed by atoms with Crippen LogP contribution in [0.2, 0.25) is 0 Å². The van der Waals surface area contributed by atoms with Gasteiger partial charge in [0.05, 0.1) is 32.5 Å². The van der Waals surface area contributed by atoms with Gasteiger partial charge in [0, 0.05) is 25.4 Å². The molecule has 2 aliphatic rings. The third kappa shape index (κ3) is 8.00. The fourth-order valence-electron chi connectivity index (χ4n) is 4.61. The number of carbonyl (C=O) groups is 1. The highest BCUT2D eigenvalue weighted by Crippen LogP contribution is 2.39. The summed E-state index contributed by atoms with van der Waals surface area (Å²) in [7, 11) is 1.41. The third-order valence-corrected chi connectivity index (χ3v) is 6.44. The molecule has 5 atom stereocenters. The third-order valence-electron chi connectivity index (χ3n) is 6.44. The Bertz CT molecular complexity index is 685. The molecule has 1 aliphatic carbocycles. The number of benzene rings is 1. The van der Waals surface area contributed by atoms with Crippen LogP contribution in [0.1, 0.15) is 56.9 Å². The molecule has 1 saturated carbocycles. The van der Waals surface area contributed by atoms with E-state index in [2.05, 4.69) is 29.0 Å². The summed E-state index contributed by atoms with van der Waals surface area (Å²) in [5.74, 6) is 0.0142. The van der Waals surface area contributed by atoms with Gasteiger partial charge >= 0.3 is 5.97 Å². The van der Waals surface area contributed by atoms with Gasteiger partial charge in [0.2, 0.25) is 0 Å². The first-order valence-electron chi connectivity index (χ1n) is 12.0. The molecule has 2 fully saturated rings. The van der Waals surface area contributed by atoms with E-state index in [-0.39, 0.29) is 30.2 Å². The average molecular weight is 447 g/mol. The Hall–Kier alpha value is -1.73. The monoisotopic (exact) mass is 446 g/mol. The maximum atomic E-state index is 11.2. The number of ether oxygens (including phenoxy) is 4. The Morgan fingerprint density at radius 2 is 2.03 bits per heavy atom. The highest BCUT2D eigenvalue weighted by molar-refractivity contribution is 5.69. The van der Waals surface area contributed by atoms with Gasteiger partial charge in [-0.15, -0.1) is 0 Å². The Morgan fingerprint density at radius 1 is 1.19 bits per heavy atom. The minimum atomic E-state index is -0.423. The zero-order valence-corrected chi connectivity index (χ0v) is 19.2. The van der Waals surface area contributed by atoms with Gasteiger partial charge in [-0.05, 0) is 50.0 Å². The standard InChI is InChI=1S/C26H38O6/c1-29-25(28)14-8-3-2-7-13-21-22(19-30-18-20-11-5-4-6-12-20)24(17-23(21)27)32-26-15-9-10-16-31-26/h2,4-7,11-12,21-24,26-27H,3,8-10,13-19H2,1H3. The molecule has 6 nitrogen and oxygen atoms in total. The molecule has 0 aromatic heterocycles. The first-order chi connectivity index (χ1) is 15.7. The van der Waals surface area contributed by atoms with Crippen molar-refractivity contribution < 1.29 is 28.8 Å². The van der Waals surface area contributed by atoms with Crippen LogP contribution in [0.3, 0.4) is 0 Å². The molecule has 178 valence electrons. The summed E-state index contributed by atoms with van der Waals surface area (Å²) in [6, 6.07) is 10.1. The van der Waals surface area contributed by atoms with Crippen molar-refractivity contribution in [3.05, 3.63) is 48.0 Å². The lowest BCUT2D eigenvalue weighted by atomic mass is 9.91. The molecule has 1 aliphatic heterocycles. The zero-order valence-electron chi connectivity index (χ0n) is 19.2. The van der Waals surface area contributed by atoms with Crippen LogP contribution >= 0.6 is 0 Å². The van der Waals surface area contributed by atoms with Crippen LogP contribution in [0, 0.1) is 11.8 Å². The minimum Gasteiger partial charge on any atom is -0.469 e. The lowest BCUT2D eigenvalue weighted by Gasteiger charge is -2.30. The molecule has 6 heteroatoms. The molecule has 0 spiro atoms. The molecule has 32 heavy (non-hydrogen) atoms. The lowest BCUT2D eigenvalue weighted by Crippen LogP contribution is -2.33. The number of rotatable bonds is 12. The smallest absolute Gasteiger partial charge is 0.305 e. The van der Waals surface area contributed by atoms with E-state index >= 15 is 0 Å². The van der Waals surface area contributed by atoms with Crippen LogP contribution in [-0.2, 0) is 30.3 Å². The number of hydrogen-bond acceptors (Lipinski definition) is 6. The second-order valence-electron chi connectivity index (χ2n) is 8.78. The molecular weight excluding hydrogens is 408 g/mol. The van der Waals surface area contributed by atoms with Gasteiger partial charge in [-0.1, -0.05) is 42.5 Å². The molecule has 1 saturated heterocycles. The summed E-state index contributed by atoms with van der Waals surface area (Å²) in [5, 5.41) is 10.8. The molecule has 0 radical (unpaired) electrons. The minimum absolute atomic E-state index is 0.0680. The van der Waals surface area contributed by atoms with Gasteiger partial charge in [-0.2, -0.15) is 0 Å². The van der Waals surface area contributed by atoms with Gasteiger partial charge in [-0.25, -0.2) is 0 Å². The SMILES string of the molecule is COC(=O)CCCC=CCC1C(O)CC(OC2CCCCO2)C1COCc1ccccc1. The molecule has 5 unspecified atom stereocenters. The van der Waals surface area contributed by atoms with Crippen LogP contribution in [0.5, 0.6) is 0 Å². The van der Waals surface area contributed by atoms with Gasteiger partial charge in [-0.3, -0.25) is 4.79 Å². The molecule has 0 bridgehead atoms. The lowest BCUT2D eigenvalue weighted by molar-refractivity contribution is -0.199. The number of unbranched alkanes of at least 4 members (excludes halogenated alkanes) is 1. The summed E-state index contributed by atoms with van der Waals surface area (Å²) in [6.45, 7) is 1.84. The van der Waals surface area contributed by atoms with Gasteiger partial charge in [0.15, 0.2) is 6.29 Å². The van der Waals surface area contributed by atoms with Crippen LogP contribution < -0.4 is 0 Å². The quantitative estimate of drug-likeness (QED) is 0.291. The molecule has 1 N–H and O–H groups in total. The predicted molar refractivity (Wildman–Crippen MR) is 122 cm³/mol. The molecule has 3 rings (SSSR count). The van der Waals surface area contributed by atoms with E-state index < -0.39 is 6.10 Å². The summed E-state index contributed by atoms with van der Waals surface area (Å²) >= 11 is 0. The number of carbonyl (C=O) groups excluding carboxylic acids is 1. The molecule has 0 amide bonds. The largest absolute Gasteiger partial charge is 0.469 e. The van der Waals surface area contributed by atoms with E-state index in [1.54, 1.807) is 0 Å². The number of hydrogen-bond donors (Lipinski definition) is 1. The van der Waals surface area contributed by atoms with E-state index in [4.69, 9.17) is 14.2 Å². The number of aliphatic hydroxyl groups is 1. The van der Waals surface area contributed by atoms with Crippen molar-refractivity contribution in [2.24, 2.45) is 11.8 Å². The van der Waals surface area contributed by atoms with Crippen molar-refractivity contribution in [2.45, 2.75) is 76.5 Å². The topological polar surface area (TPSA) is 74.2 Å². The fraction of sp³-hybridized carbons (Fsp3) is 0.654. The second-order valence-corrected chi connectivity index (χ2v) is 8.78. The maximum absolute atomic E-state index is 11.2. The summed E-state index contributed by atoms with van der Waals surface area (Å²) in [6.07, 6.45) is 10.1. The van der Waals surface area contributed by atoms with Gasteiger partial charge in [0.1, 0.15) is 0 Å². The van der Waals surface area contributed by atoms with Crippen molar-refractivity contribution in [3.8, 4) is 0 Å². The number of methoxy groups -OCH3 is 1. The van der Waals surface area contributed by atoms with Gasteiger partial charge in [0.25, 0.3) is 0 Å². The van der Waals surface area contributed by atoms with Crippen molar-refractivity contribution in [3.63, 3.8) is 0 Å². The Morgan fingerprint density at radius 3 is 2.78 bits per heavy atom. The van der Waals surface area contributed by atoms with Crippen molar-refractivity contribution in [1.29, 1.82) is 0 Å². The van der Waals surface area contributed by atoms with Crippen molar-refractivity contribution >= 4 is 5.97 Å². The number of esters is 1. The van der Waals surface area contributed by atoms with E-state index in [1.165, 1.54) is 7.11 Å². The summed E-state index contributed by atoms with van der Waals surface area (Å²) in [4.78, 5) is 11.2. The van der Waals surface area contributed by atoms with Crippen molar-refractivity contribution in [1.82, 2.24) is 0 Å². The van der Waals surface area contributed by atoms with E-state index in [9.17, 15) is 9.90 Å². The van der Waals surface area contributed by atoms with Crippen LogP contribution in [0.15, 0.2) is 42.5 Å². The van der Waals surface area contributed by atoms with E-state index in [1.807, 2.05) is 18.2 Å². The second kappa shape index (κ2) is 13.7. The number of allylic oxidation sites excluding steroid dienone is 2. The van der Waals surface area contributed by atoms with E-state index in [0.717, 1.165) is 50.7 Å². The summed E-state index contributed by atoms with van der Waals surface area (Å²) < 4.78 is 22.9. The van der Waals surface area contributed by atoms with Crippen LogP contribution in [0.25, 0.3) is 0 Å². The molecule has 1 heterocycles. The predicted octanol–water partition coefficient (Wildman–Crippen LogP) is 4.40. The normalized spacial score (nSPS) is 28.2. The zero-order chi connectivity index (χ0) is 22.6. The van der Waals surface area contributed by atoms with Crippen LogP contribution in [0.4, 0.5) is 0 Å². The van der Waals surface area contributed by atoms with Crippen molar-refractivity contribution in [2.75, 3.05) is 20.3 Å². The Balaban J connectivity index is 1.54. The van der Waals surface area contributed by atoms with Gasteiger partial charge < -0.3 is 24.1 Å². The molecular formula is C26H38O6. The first-order valence-corrected chi connectivity index (χ1v) is 12.0. The average Bonchev–Trinajstić information content (AvgIpc) is 3.11. The fourth-order valence-corrected chi connectivity index (χ4v) is 4.61. The Labute approximate surface area is 191 Å². The summed E-state index contributed by atoms with van der Waals surface area (Å²) in [5.41, 5.74) is 1.14. The van der Waals surface area contributed by atoms with Crippen LogP contribution in [-0.4, -0.2) is 49.9 Å².